The third-order valence-electron chi connectivity index (χ3n) is 9.07. The van der Waals surface area contributed by atoms with Gasteiger partial charge in [0.15, 0.2) is 5.82 Å². The number of fused-ring (bicyclic) bond motifs is 4. The number of hydrogen-bond acceptors (Lipinski definition) is 8. The first-order chi connectivity index (χ1) is 19.1. The Bertz CT molecular complexity index is 1300. The molecule has 40 heavy (non-hydrogen) atoms. The van der Waals surface area contributed by atoms with E-state index in [1.807, 2.05) is 32.6 Å². The number of hydrogen-bond donors (Lipinski definition) is 0. The van der Waals surface area contributed by atoms with Gasteiger partial charge >= 0.3 is 12.1 Å². The Hall–Kier alpha value is -3.01. The Balaban J connectivity index is 1.34. The Morgan fingerprint density at radius 2 is 1.82 bits per heavy atom. The Kier molecular flexibility index (Phi) is 6.87. The number of ether oxygens (including phenoxy) is 2. The molecule has 1 amide bonds. The van der Waals surface area contributed by atoms with Gasteiger partial charge in [-0.3, -0.25) is 14.8 Å². The molecule has 0 spiro atoms. The maximum absolute atomic E-state index is 15.9. The minimum Gasteiger partial charge on any atom is -0.461 e. The molecule has 0 N–H and O–H groups in total. The van der Waals surface area contributed by atoms with Crippen LogP contribution in [0.15, 0.2) is 12.8 Å². The summed E-state index contributed by atoms with van der Waals surface area (Å²) >= 11 is 0. The zero-order valence-corrected chi connectivity index (χ0v) is 24.2. The number of piperazine rings is 1. The molecule has 4 saturated heterocycles. The molecular weight excluding hydrogens is 511 g/mol. The standard InChI is InChI=1S/C30H41FN6O3/c1-6-19(2)24-23(31)25-22(15-32-24)26(34-27(33-25)39-18-30-11-7-13-36(30)14-8-12-30)35-16-20-9-10-21(17-35)37(20)28(38)40-29(3,4)5/h15,20-21H,2,6-14,16-18H2,1,3-5H3. The molecule has 2 bridgehead atoms. The van der Waals surface area contributed by atoms with Crippen molar-refractivity contribution in [2.24, 2.45) is 0 Å². The van der Waals surface area contributed by atoms with Crippen LogP contribution in [0.4, 0.5) is 15.0 Å². The summed E-state index contributed by atoms with van der Waals surface area (Å²) in [5.41, 5.74) is 0.526. The van der Waals surface area contributed by atoms with Gasteiger partial charge in [0, 0.05) is 19.3 Å². The zero-order chi connectivity index (χ0) is 28.2. The topological polar surface area (TPSA) is 83.9 Å². The smallest absolute Gasteiger partial charge is 0.410 e. The predicted octanol–water partition coefficient (Wildman–Crippen LogP) is 5.18. The largest absolute Gasteiger partial charge is 0.461 e. The molecule has 0 aromatic carbocycles. The molecule has 10 heteroatoms. The van der Waals surface area contributed by atoms with Crippen LogP contribution in [-0.2, 0) is 4.74 Å². The van der Waals surface area contributed by atoms with E-state index in [-0.39, 0.29) is 40.9 Å². The summed E-state index contributed by atoms with van der Waals surface area (Å²) in [5.74, 6) is 0.114. The van der Waals surface area contributed by atoms with Gasteiger partial charge in [0.05, 0.1) is 23.0 Å². The first kappa shape index (κ1) is 27.2. The fourth-order valence-corrected chi connectivity index (χ4v) is 7.09. The Morgan fingerprint density at radius 1 is 1.15 bits per heavy atom. The van der Waals surface area contributed by atoms with Gasteiger partial charge in [0.1, 0.15) is 29.2 Å². The van der Waals surface area contributed by atoms with Crippen molar-refractivity contribution in [3.63, 3.8) is 0 Å². The fraction of sp³-hybridized carbons (Fsp3) is 0.667. The van der Waals surface area contributed by atoms with Gasteiger partial charge < -0.3 is 14.4 Å². The molecule has 0 saturated carbocycles. The summed E-state index contributed by atoms with van der Waals surface area (Å²) < 4.78 is 27.9. The normalized spacial score (nSPS) is 24.0. The second kappa shape index (κ2) is 10.1. The minimum absolute atomic E-state index is 0.00985. The van der Waals surface area contributed by atoms with Crippen molar-refractivity contribution in [2.45, 2.75) is 95.9 Å². The third-order valence-corrected chi connectivity index (χ3v) is 9.07. The molecule has 4 aliphatic heterocycles. The molecule has 2 atom stereocenters. The monoisotopic (exact) mass is 552 g/mol. The average Bonchev–Trinajstić information content (AvgIpc) is 3.57. The number of pyridine rings is 1. The van der Waals surface area contributed by atoms with Crippen LogP contribution in [0.25, 0.3) is 16.5 Å². The van der Waals surface area contributed by atoms with Crippen molar-refractivity contribution < 1.29 is 18.7 Å². The molecule has 9 nitrogen and oxygen atoms in total. The quantitative estimate of drug-likeness (QED) is 0.485. The van der Waals surface area contributed by atoms with Crippen molar-refractivity contribution in [1.29, 1.82) is 0 Å². The lowest BCUT2D eigenvalue weighted by Crippen LogP contribution is -2.57. The van der Waals surface area contributed by atoms with Crippen LogP contribution in [0, 0.1) is 5.82 Å². The van der Waals surface area contributed by atoms with E-state index in [1.54, 1.807) is 6.20 Å². The van der Waals surface area contributed by atoms with Crippen LogP contribution in [0.5, 0.6) is 6.01 Å². The number of amides is 1. The first-order valence-electron chi connectivity index (χ1n) is 14.8. The van der Waals surface area contributed by atoms with E-state index in [9.17, 15) is 4.79 Å². The van der Waals surface area contributed by atoms with E-state index >= 15 is 4.39 Å². The number of rotatable bonds is 6. The van der Waals surface area contributed by atoms with Gasteiger partial charge in [0.2, 0.25) is 0 Å². The molecule has 6 heterocycles. The van der Waals surface area contributed by atoms with E-state index in [4.69, 9.17) is 14.5 Å². The van der Waals surface area contributed by atoms with Crippen molar-refractivity contribution in [3.8, 4) is 6.01 Å². The highest BCUT2D eigenvalue weighted by atomic mass is 19.1. The predicted molar refractivity (Wildman–Crippen MR) is 152 cm³/mol. The van der Waals surface area contributed by atoms with Gasteiger partial charge in [-0.15, -0.1) is 0 Å². The lowest BCUT2D eigenvalue weighted by molar-refractivity contribution is 0.0122. The highest BCUT2D eigenvalue weighted by molar-refractivity contribution is 5.91. The lowest BCUT2D eigenvalue weighted by atomic mass is 9.95. The van der Waals surface area contributed by atoms with Gasteiger partial charge in [0.25, 0.3) is 0 Å². The van der Waals surface area contributed by atoms with Crippen molar-refractivity contribution >= 4 is 28.4 Å². The van der Waals surface area contributed by atoms with E-state index in [0.29, 0.717) is 42.9 Å². The molecule has 4 fully saturated rings. The van der Waals surface area contributed by atoms with E-state index in [0.717, 1.165) is 38.8 Å². The summed E-state index contributed by atoms with van der Waals surface area (Å²) in [7, 11) is 0. The third kappa shape index (κ3) is 4.78. The summed E-state index contributed by atoms with van der Waals surface area (Å²) in [6, 6.07) is 0.171. The van der Waals surface area contributed by atoms with Crippen LogP contribution in [0.1, 0.15) is 78.3 Å². The minimum atomic E-state index is -0.556. The summed E-state index contributed by atoms with van der Waals surface area (Å²) in [4.78, 5) is 33.5. The fourth-order valence-electron chi connectivity index (χ4n) is 7.09. The molecule has 4 aliphatic rings. The molecular formula is C30H41FN6O3. The highest BCUT2D eigenvalue weighted by Crippen LogP contribution is 2.40. The number of carbonyl (C=O) groups excluding carboxylic acids is 1. The number of carbonyl (C=O) groups is 1. The number of halogens is 1. The summed E-state index contributed by atoms with van der Waals surface area (Å²) in [6.45, 7) is 15.4. The van der Waals surface area contributed by atoms with Crippen molar-refractivity contribution in [3.05, 3.63) is 24.3 Å². The summed E-state index contributed by atoms with van der Waals surface area (Å²) in [6.07, 6.45) is 8.28. The lowest BCUT2D eigenvalue weighted by Gasteiger charge is -2.42. The molecule has 2 unspecified atom stereocenters. The maximum atomic E-state index is 15.9. The maximum Gasteiger partial charge on any atom is 0.410 e. The number of aromatic nitrogens is 3. The van der Waals surface area contributed by atoms with Gasteiger partial charge in [-0.05, 0) is 84.4 Å². The van der Waals surface area contributed by atoms with Crippen molar-refractivity contribution in [1.82, 2.24) is 24.8 Å². The summed E-state index contributed by atoms with van der Waals surface area (Å²) in [5, 5.41) is 0.546. The molecule has 0 aliphatic carbocycles. The van der Waals surface area contributed by atoms with E-state index in [1.165, 1.54) is 12.8 Å². The SMILES string of the molecule is C=C(CC)c1ncc2c(N3CC4CCC(C3)N4C(=O)OC(C)(C)C)nc(OCC34CCCN3CCC4)nc2c1F. The second-order valence-electron chi connectivity index (χ2n) is 12.9. The highest BCUT2D eigenvalue weighted by Gasteiger charge is 2.46. The van der Waals surface area contributed by atoms with E-state index < -0.39 is 11.4 Å². The molecule has 216 valence electrons. The van der Waals surface area contributed by atoms with Crippen LogP contribution in [-0.4, -0.2) is 86.9 Å². The second-order valence-corrected chi connectivity index (χ2v) is 12.9. The van der Waals surface area contributed by atoms with Crippen LogP contribution >= 0.6 is 0 Å². The number of nitrogens with zero attached hydrogens (tertiary/aromatic N) is 6. The molecule has 2 aromatic heterocycles. The molecule has 6 rings (SSSR count). The van der Waals surface area contributed by atoms with Gasteiger partial charge in [-0.1, -0.05) is 13.5 Å². The van der Waals surface area contributed by atoms with Gasteiger partial charge in [-0.2, -0.15) is 9.97 Å². The Morgan fingerprint density at radius 3 is 2.45 bits per heavy atom. The van der Waals surface area contributed by atoms with Gasteiger partial charge in [-0.25, -0.2) is 9.18 Å². The van der Waals surface area contributed by atoms with E-state index in [2.05, 4.69) is 26.3 Å². The molecule has 2 aromatic rings. The van der Waals surface area contributed by atoms with Crippen LogP contribution in [0.3, 0.4) is 0 Å². The zero-order valence-electron chi connectivity index (χ0n) is 24.2. The van der Waals surface area contributed by atoms with Crippen LogP contribution < -0.4 is 9.64 Å². The average molecular weight is 553 g/mol. The number of anilines is 1. The van der Waals surface area contributed by atoms with Crippen LogP contribution in [0.2, 0.25) is 0 Å². The first-order valence-corrected chi connectivity index (χ1v) is 14.8. The number of allylic oxidation sites excluding steroid dienone is 1. The Labute approximate surface area is 235 Å². The molecule has 0 radical (unpaired) electrons. The van der Waals surface area contributed by atoms with Crippen molar-refractivity contribution in [2.75, 3.05) is 37.7 Å².